The van der Waals surface area contributed by atoms with Gasteiger partial charge >= 0.3 is 0 Å². The van der Waals surface area contributed by atoms with E-state index in [-0.39, 0.29) is 23.8 Å². The van der Waals surface area contributed by atoms with E-state index in [1.165, 1.54) is 24.1 Å². The number of carbonyl (C=O) groups is 2. The van der Waals surface area contributed by atoms with Crippen molar-refractivity contribution in [2.75, 3.05) is 17.9 Å². The lowest BCUT2D eigenvalue weighted by atomic mass is 10.0. The predicted octanol–water partition coefficient (Wildman–Crippen LogP) is 5.54. The first-order valence-corrected chi connectivity index (χ1v) is 15.4. The summed E-state index contributed by atoms with van der Waals surface area (Å²) in [5, 5.41) is 3.12. The number of anilines is 1. The highest BCUT2D eigenvalue weighted by Crippen LogP contribution is 2.27. The third-order valence-corrected chi connectivity index (χ3v) is 9.15. The van der Waals surface area contributed by atoms with E-state index in [0.717, 1.165) is 21.0 Å². The van der Waals surface area contributed by atoms with Crippen molar-refractivity contribution in [2.24, 2.45) is 0 Å². The van der Waals surface area contributed by atoms with Gasteiger partial charge in [-0.25, -0.2) is 8.42 Å². The smallest absolute Gasteiger partial charge is 0.264 e. The topological polar surface area (TPSA) is 86.8 Å². The maximum Gasteiger partial charge on any atom is 0.264 e. The Hall–Kier alpha value is -4.14. The summed E-state index contributed by atoms with van der Waals surface area (Å²) in [7, 11) is -2.64. The Morgan fingerprint density at radius 2 is 1.50 bits per heavy atom. The van der Waals surface area contributed by atoms with Gasteiger partial charge in [-0.1, -0.05) is 90.0 Å². The number of nitrogens with one attached hydrogen (secondary N) is 1. The van der Waals surface area contributed by atoms with Crippen LogP contribution in [0.15, 0.2) is 108 Å². The molecule has 0 radical (unpaired) electrons. The minimum Gasteiger partial charge on any atom is -0.357 e. The molecule has 9 heteroatoms. The molecule has 0 heterocycles. The molecule has 42 heavy (non-hydrogen) atoms. The number of likely N-dealkylation sites (N-methyl/N-ethyl adjacent to an activating group) is 1. The van der Waals surface area contributed by atoms with E-state index in [2.05, 4.69) is 5.32 Å². The van der Waals surface area contributed by atoms with E-state index in [4.69, 9.17) is 11.6 Å². The Morgan fingerprint density at radius 1 is 0.833 bits per heavy atom. The van der Waals surface area contributed by atoms with Gasteiger partial charge in [0.15, 0.2) is 0 Å². The zero-order chi connectivity index (χ0) is 30.3. The summed E-state index contributed by atoms with van der Waals surface area (Å²) in [6.07, 6.45) is 0.228. The van der Waals surface area contributed by atoms with Crippen molar-refractivity contribution >= 4 is 39.1 Å². The molecule has 7 nitrogen and oxygen atoms in total. The van der Waals surface area contributed by atoms with Crippen molar-refractivity contribution in [3.05, 3.63) is 130 Å². The second-order valence-corrected chi connectivity index (χ2v) is 12.4. The van der Waals surface area contributed by atoms with Crippen LogP contribution in [-0.4, -0.2) is 44.8 Å². The summed E-state index contributed by atoms with van der Waals surface area (Å²) >= 11 is 6.49. The number of aryl methyl sites for hydroxylation is 2. The molecule has 4 rings (SSSR count). The normalized spacial score (nSPS) is 11.9. The Morgan fingerprint density at radius 3 is 2.14 bits per heavy atom. The Bertz CT molecular complexity index is 1640. The number of halogens is 1. The van der Waals surface area contributed by atoms with Crippen LogP contribution in [0.5, 0.6) is 0 Å². The summed E-state index contributed by atoms with van der Waals surface area (Å²) < 4.78 is 29.2. The molecule has 0 aliphatic heterocycles. The molecule has 0 bridgehead atoms. The molecule has 1 atom stereocenters. The second kappa shape index (κ2) is 13.7. The number of benzene rings is 4. The predicted molar refractivity (Wildman–Crippen MR) is 167 cm³/mol. The van der Waals surface area contributed by atoms with Crippen LogP contribution in [0.25, 0.3) is 0 Å². The molecular formula is C33H34ClN3O4S. The van der Waals surface area contributed by atoms with Crippen molar-refractivity contribution in [1.29, 1.82) is 0 Å². The molecule has 0 aliphatic carbocycles. The average Bonchev–Trinajstić information content (AvgIpc) is 2.98. The van der Waals surface area contributed by atoms with E-state index in [9.17, 15) is 18.0 Å². The first-order valence-electron chi connectivity index (χ1n) is 13.5. The van der Waals surface area contributed by atoms with Crippen molar-refractivity contribution in [3.63, 3.8) is 0 Å². The SMILES string of the molecule is CNC(=O)[C@@H](Cc1ccccc1)N(Cc1ccccc1Cl)C(=O)CN(c1cccc(C)c1)S(=O)(=O)c1ccc(C)cc1. The number of carbonyl (C=O) groups excluding carboxylic acids is 2. The van der Waals surface area contributed by atoms with Gasteiger partial charge in [-0.05, 0) is 60.9 Å². The molecule has 0 saturated carbocycles. The lowest BCUT2D eigenvalue weighted by molar-refractivity contribution is -0.139. The summed E-state index contributed by atoms with van der Waals surface area (Å²) in [5.74, 6) is -0.917. The Kier molecular flexibility index (Phi) is 10.0. The van der Waals surface area contributed by atoms with Crippen molar-refractivity contribution < 1.29 is 18.0 Å². The second-order valence-electron chi connectivity index (χ2n) is 10.1. The average molecular weight is 604 g/mol. The summed E-state index contributed by atoms with van der Waals surface area (Å²) in [5.41, 5.74) is 3.58. The number of sulfonamides is 1. The number of amides is 2. The van der Waals surface area contributed by atoms with Gasteiger partial charge in [0.25, 0.3) is 10.0 Å². The van der Waals surface area contributed by atoms with Crippen LogP contribution < -0.4 is 9.62 Å². The molecule has 0 fully saturated rings. The third kappa shape index (κ3) is 7.38. The van der Waals surface area contributed by atoms with Crippen molar-refractivity contribution in [1.82, 2.24) is 10.2 Å². The number of hydrogen-bond acceptors (Lipinski definition) is 4. The van der Waals surface area contributed by atoms with E-state index in [1.54, 1.807) is 54.6 Å². The summed E-state index contributed by atoms with van der Waals surface area (Å²) in [6, 6.07) is 29.0. The molecule has 0 aromatic heterocycles. The molecule has 1 N–H and O–H groups in total. The number of hydrogen-bond donors (Lipinski definition) is 1. The largest absolute Gasteiger partial charge is 0.357 e. The van der Waals surface area contributed by atoms with Crippen LogP contribution in [-0.2, 0) is 32.6 Å². The van der Waals surface area contributed by atoms with Gasteiger partial charge in [-0.2, -0.15) is 0 Å². The molecule has 218 valence electrons. The molecule has 0 spiro atoms. The van der Waals surface area contributed by atoms with Gasteiger partial charge < -0.3 is 10.2 Å². The van der Waals surface area contributed by atoms with E-state index in [1.807, 2.05) is 50.2 Å². The first kappa shape index (κ1) is 30.8. The zero-order valence-corrected chi connectivity index (χ0v) is 25.4. The molecule has 0 saturated heterocycles. The quantitative estimate of drug-likeness (QED) is 0.244. The lowest BCUT2D eigenvalue weighted by Crippen LogP contribution is -2.53. The maximum atomic E-state index is 14.3. The van der Waals surface area contributed by atoms with Crippen LogP contribution in [0.2, 0.25) is 5.02 Å². The summed E-state index contributed by atoms with van der Waals surface area (Å²) in [4.78, 5) is 29.1. The van der Waals surface area contributed by atoms with Gasteiger partial charge in [-0.15, -0.1) is 0 Å². The van der Waals surface area contributed by atoms with Crippen LogP contribution >= 0.6 is 11.6 Å². The fourth-order valence-corrected chi connectivity index (χ4v) is 6.28. The standard InChI is InChI=1S/C33H34ClN3O4S/c1-24-16-18-29(19-17-24)42(40,41)37(28-14-9-10-25(2)20-28)23-32(38)36(22-27-13-7-8-15-30(27)34)31(33(39)35-3)21-26-11-5-4-6-12-26/h4-20,31H,21-23H2,1-3H3,(H,35,39)/t31-/m1/s1. The fraction of sp³-hybridized carbons (Fsp3) is 0.212. The van der Waals surface area contributed by atoms with E-state index in [0.29, 0.717) is 16.3 Å². The first-order chi connectivity index (χ1) is 20.1. The monoisotopic (exact) mass is 603 g/mol. The van der Waals surface area contributed by atoms with Gasteiger partial charge in [-0.3, -0.25) is 13.9 Å². The molecule has 4 aromatic carbocycles. The van der Waals surface area contributed by atoms with Crippen LogP contribution in [0, 0.1) is 13.8 Å². The minimum absolute atomic E-state index is 0.00959. The van der Waals surface area contributed by atoms with E-state index < -0.39 is 28.5 Å². The third-order valence-electron chi connectivity index (χ3n) is 6.99. The lowest BCUT2D eigenvalue weighted by Gasteiger charge is -2.33. The highest BCUT2D eigenvalue weighted by molar-refractivity contribution is 7.92. The minimum atomic E-state index is -4.15. The van der Waals surface area contributed by atoms with E-state index >= 15 is 0 Å². The number of nitrogens with zero attached hydrogens (tertiary/aromatic N) is 2. The van der Waals surface area contributed by atoms with Gasteiger partial charge in [0.2, 0.25) is 11.8 Å². The molecule has 0 unspecified atom stereocenters. The maximum absolute atomic E-state index is 14.3. The molecular weight excluding hydrogens is 570 g/mol. The van der Waals surface area contributed by atoms with Crippen LogP contribution in [0.3, 0.4) is 0 Å². The van der Waals surface area contributed by atoms with Crippen LogP contribution in [0.4, 0.5) is 5.69 Å². The molecule has 0 aliphatic rings. The highest BCUT2D eigenvalue weighted by atomic mass is 35.5. The molecule has 4 aromatic rings. The zero-order valence-electron chi connectivity index (χ0n) is 23.8. The van der Waals surface area contributed by atoms with Crippen LogP contribution in [0.1, 0.15) is 22.3 Å². The highest BCUT2D eigenvalue weighted by Gasteiger charge is 2.34. The number of rotatable bonds is 11. The van der Waals surface area contributed by atoms with Gasteiger partial charge in [0.1, 0.15) is 12.6 Å². The Labute approximate surface area is 252 Å². The van der Waals surface area contributed by atoms with Crippen molar-refractivity contribution in [2.45, 2.75) is 37.8 Å². The molecule has 2 amide bonds. The summed E-state index contributed by atoms with van der Waals surface area (Å²) in [6.45, 7) is 3.21. The fourth-order valence-electron chi connectivity index (χ4n) is 4.68. The van der Waals surface area contributed by atoms with Crippen molar-refractivity contribution in [3.8, 4) is 0 Å². The van der Waals surface area contributed by atoms with Gasteiger partial charge in [0.05, 0.1) is 10.6 Å². The Balaban J connectivity index is 1.80. The van der Waals surface area contributed by atoms with Gasteiger partial charge in [0, 0.05) is 25.0 Å².